The zero-order valence-electron chi connectivity index (χ0n) is 17.5. The van der Waals surface area contributed by atoms with E-state index in [4.69, 9.17) is 0 Å². The van der Waals surface area contributed by atoms with Crippen molar-refractivity contribution in [1.29, 1.82) is 0 Å². The molecule has 0 saturated carbocycles. The number of rotatable bonds is 7. The maximum atomic E-state index is 12.9. The van der Waals surface area contributed by atoms with E-state index < -0.39 is 24.7 Å². The Balaban J connectivity index is 1.52. The van der Waals surface area contributed by atoms with Gasteiger partial charge in [-0.15, -0.1) is 0 Å². The van der Waals surface area contributed by atoms with Gasteiger partial charge in [0.25, 0.3) is 0 Å². The van der Waals surface area contributed by atoms with Crippen molar-refractivity contribution in [3.63, 3.8) is 0 Å². The molecule has 1 aliphatic rings. The predicted octanol–water partition coefficient (Wildman–Crippen LogP) is 5.44. The minimum absolute atomic E-state index is 0.193. The van der Waals surface area contributed by atoms with Gasteiger partial charge in [-0.2, -0.15) is 18.3 Å². The molecule has 0 spiro atoms. The van der Waals surface area contributed by atoms with E-state index in [-0.39, 0.29) is 6.42 Å². The molecule has 1 unspecified atom stereocenters. The van der Waals surface area contributed by atoms with E-state index in [1.165, 1.54) is 0 Å². The highest BCUT2D eigenvalue weighted by molar-refractivity contribution is 5.90. The highest BCUT2D eigenvalue weighted by atomic mass is 19.4. The largest absolute Gasteiger partial charge is 0.389 e. The summed E-state index contributed by atoms with van der Waals surface area (Å²) in [5.74, 6) is 0.579. The van der Waals surface area contributed by atoms with Gasteiger partial charge in [-0.05, 0) is 49.8 Å². The van der Waals surface area contributed by atoms with E-state index in [2.05, 4.69) is 15.7 Å². The van der Waals surface area contributed by atoms with Gasteiger partial charge in [0.15, 0.2) is 0 Å². The fourth-order valence-electron chi connectivity index (χ4n) is 4.07. The number of anilines is 1. The predicted molar refractivity (Wildman–Crippen MR) is 117 cm³/mol. The first-order valence-corrected chi connectivity index (χ1v) is 10.7. The number of alkyl halides is 3. The molecule has 0 aliphatic heterocycles. The van der Waals surface area contributed by atoms with Crippen LogP contribution in [0.25, 0.3) is 5.69 Å². The number of halogens is 3. The lowest BCUT2D eigenvalue weighted by Gasteiger charge is -2.21. The molecule has 2 amide bonds. The Labute approximate surface area is 184 Å². The molecule has 3 aromatic rings. The summed E-state index contributed by atoms with van der Waals surface area (Å²) in [6, 6.07) is 17.5. The second kappa shape index (κ2) is 9.46. The number of carbonyl (C=O) groups excluding carboxylic acids is 1. The summed E-state index contributed by atoms with van der Waals surface area (Å²) < 4.78 is 40.2. The smallest absolute Gasteiger partial charge is 0.335 e. The number of hydrogen-bond donors (Lipinski definition) is 2. The molecule has 0 radical (unpaired) electrons. The van der Waals surface area contributed by atoms with Crippen LogP contribution in [0.1, 0.15) is 36.1 Å². The lowest BCUT2D eigenvalue weighted by molar-refractivity contribution is -0.136. The number of benzene rings is 2. The summed E-state index contributed by atoms with van der Waals surface area (Å²) >= 11 is 0. The van der Waals surface area contributed by atoms with Gasteiger partial charge in [0.1, 0.15) is 5.82 Å². The Kier molecular flexibility index (Phi) is 6.48. The Bertz CT molecular complexity index is 1050. The average molecular weight is 442 g/mol. The molecule has 4 rings (SSSR count). The van der Waals surface area contributed by atoms with E-state index >= 15 is 0 Å². The molecule has 8 heteroatoms. The molecule has 1 atom stereocenters. The maximum Gasteiger partial charge on any atom is 0.389 e. The zero-order valence-corrected chi connectivity index (χ0v) is 17.5. The lowest BCUT2D eigenvalue weighted by Crippen LogP contribution is -2.40. The molecule has 5 nitrogen and oxygen atoms in total. The number of nitrogens with zero attached hydrogens (tertiary/aromatic N) is 2. The number of carbonyl (C=O) groups is 1. The number of amides is 2. The van der Waals surface area contributed by atoms with Crippen molar-refractivity contribution in [2.24, 2.45) is 0 Å². The van der Waals surface area contributed by atoms with Crippen LogP contribution in [0, 0.1) is 0 Å². The SMILES string of the molecule is O=C(Nc1c2c(nn1-c1ccccc1)CCC2)NC(CCC(F)(F)F)Cc1ccccc1. The standard InChI is InChI=1S/C24H25F3N4O/c25-24(26,27)15-14-18(16-17-8-3-1-4-9-17)28-23(32)29-22-20-12-7-13-21(20)30-31(22)19-10-5-2-6-11-19/h1-6,8-11,18H,7,12-16H2,(H2,28,29,32). The normalized spacial score (nSPS) is 14.1. The molecule has 1 heterocycles. The van der Waals surface area contributed by atoms with Crippen molar-refractivity contribution in [3.05, 3.63) is 77.5 Å². The van der Waals surface area contributed by atoms with Gasteiger partial charge in [-0.1, -0.05) is 48.5 Å². The number of para-hydroxylation sites is 1. The molecule has 2 N–H and O–H groups in total. The topological polar surface area (TPSA) is 59.0 Å². The molecule has 0 fully saturated rings. The van der Waals surface area contributed by atoms with E-state index in [1.807, 2.05) is 60.7 Å². The number of nitrogens with one attached hydrogen (secondary N) is 2. The number of aromatic nitrogens is 2. The number of aryl methyl sites for hydroxylation is 1. The van der Waals surface area contributed by atoms with Crippen LogP contribution in [0.5, 0.6) is 0 Å². The van der Waals surface area contributed by atoms with Crippen molar-refractivity contribution in [2.75, 3.05) is 5.32 Å². The first-order valence-electron chi connectivity index (χ1n) is 10.7. The van der Waals surface area contributed by atoms with Gasteiger partial charge in [0.2, 0.25) is 0 Å². The summed E-state index contributed by atoms with van der Waals surface area (Å²) in [6.45, 7) is 0. The van der Waals surface area contributed by atoms with Gasteiger partial charge < -0.3 is 5.32 Å². The molecular weight excluding hydrogens is 417 g/mol. The van der Waals surface area contributed by atoms with Crippen LogP contribution in [0.3, 0.4) is 0 Å². The Morgan fingerprint density at radius 3 is 2.41 bits per heavy atom. The minimum Gasteiger partial charge on any atom is -0.335 e. The molecule has 0 bridgehead atoms. The second-order valence-electron chi connectivity index (χ2n) is 8.01. The van der Waals surface area contributed by atoms with E-state index in [0.29, 0.717) is 12.2 Å². The summed E-state index contributed by atoms with van der Waals surface area (Å²) in [7, 11) is 0. The fourth-order valence-corrected chi connectivity index (χ4v) is 4.07. The molecule has 32 heavy (non-hydrogen) atoms. The average Bonchev–Trinajstić information content (AvgIpc) is 3.36. The highest BCUT2D eigenvalue weighted by Gasteiger charge is 2.29. The van der Waals surface area contributed by atoms with Crippen molar-refractivity contribution in [2.45, 2.75) is 50.7 Å². The van der Waals surface area contributed by atoms with Gasteiger partial charge in [0.05, 0.1) is 11.4 Å². The van der Waals surface area contributed by atoms with Crippen LogP contribution < -0.4 is 10.6 Å². The number of urea groups is 1. The van der Waals surface area contributed by atoms with Crippen molar-refractivity contribution < 1.29 is 18.0 Å². The first kappa shape index (κ1) is 21.9. The lowest BCUT2D eigenvalue weighted by atomic mass is 10.0. The van der Waals surface area contributed by atoms with Crippen molar-refractivity contribution in [1.82, 2.24) is 15.1 Å². The third-order valence-corrected chi connectivity index (χ3v) is 5.58. The second-order valence-corrected chi connectivity index (χ2v) is 8.01. The molecule has 1 aromatic heterocycles. The number of fused-ring (bicyclic) bond motifs is 1. The molecule has 168 valence electrons. The summed E-state index contributed by atoms with van der Waals surface area (Å²) in [6.07, 6.45) is -2.50. The monoisotopic (exact) mass is 442 g/mol. The summed E-state index contributed by atoms with van der Waals surface area (Å²) in [5, 5.41) is 10.3. The van der Waals surface area contributed by atoms with Gasteiger partial charge in [-0.3, -0.25) is 5.32 Å². The molecule has 1 aliphatic carbocycles. The van der Waals surface area contributed by atoms with Crippen LogP contribution in [-0.2, 0) is 19.3 Å². The third kappa shape index (κ3) is 5.49. The van der Waals surface area contributed by atoms with Crippen LogP contribution >= 0.6 is 0 Å². The Morgan fingerprint density at radius 2 is 1.72 bits per heavy atom. The van der Waals surface area contributed by atoms with Gasteiger partial charge in [0, 0.05) is 18.0 Å². The first-order chi connectivity index (χ1) is 15.4. The van der Waals surface area contributed by atoms with Crippen molar-refractivity contribution in [3.8, 4) is 5.69 Å². The zero-order chi connectivity index (χ0) is 22.6. The van der Waals surface area contributed by atoms with Gasteiger partial charge >= 0.3 is 12.2 Å². The third-order valence-electron chi connectivity index (χ3n) is 5.58. The van der Waals surface area contributed by atoms with Crippen LogP contribution in [-0.4, -0.2) is 28.0 Å². The van der Waals surface area contributed by atoms with Crippen molar-refractivity contribution >= 4 is 11.8 Å². The van der Waals surface area contributed by atoms with E-state index in [0.717, 1.165) is 41.8 Å². The van der Waals surface area contributed by atoms with E-state index in [1.54, 1.807) is 4.68 Å². The fraction of sp³-hybridized carbons (Fsp3) is 0.333. The maximum absolute atomic E-state index is 12.9. The van der Waals surface area contributed by atoms with Gasteiger partial charge in [-0.25, -0.2) is 9.48 Å². The minimum atomic E-state index is -4.28. The molecule has 0 saturated heterocycles. The number of hydrogen-bond acceptors (Lipinski definition) is 2. The Hall–Kier alpha value is -3.29. The van der Waals surface area contributed by atoms with Crippen LogP contribution in [0.2, 0.25) is 0 Å². The molecular formula is C24H25F3N4O. The van der Waals surface area contributed by atoms with Crippen LogP contribution in [0.15, 0.2) is 60.7 Å². The summed E-state index contributed by atoms with van der Waals surface area (Å²) in [4.78, 5) is 12.9. The van der Waals surface area contributed by atoms with E-state index in [9.17, 15) is 18.0 Å². The summed E-state index contributed by atoms with van der Waals surface area (Å²) in [5.41, 5.74) is 3.62. The quantitative estimate of drug-likeness (QED) is 0.512. The van der Waals surface area contributed by atoms with Crippen LogP contribution in [0.4, 0.5) is 23.8 Å². The highest BCUT2D eigenvalue weighted by Crippen LogP contribution is 2.31. The molecule has 2 aromatic carbocycles. The Morgan fingerprint density at radius 1 is 1.03 bits per heavy atom.